The quantitative estimate of drug-likeness (QED) is 0.458. The van der Waals surface area contributed by atoms with Gasteiger partial charge in [0.2, 0.25) is 27.0 Å². The molecule has 0 spiro atoms. The van der Waals surface area contributed by atoms with E-state index in [0.717, 1.165) is 22.5 Å². The maximum atomic E-state index is 12.7. The molecular formula is C23H24ClN5O4S2. The SMILES string of the molecule is Cc1ccc(S(=O)(=O)NCCc2nnc(NC(=O)C3CC(=O)N(c4ccc(C)c(Cl)c4)C3)s2)cc1. The zero-order chi connectivity index (χ0) is 25.2. The van der Waals surface area contributed by atoms with E-state index in [0.29, 0.717) is 27.3 Å². The second-order valence-corrected chi connectivity index (χ2v) is 11.5. The lowest BCUT2D eigenvalue weighted by Gasteiger charge is -2.17. The van der Waals surface area contributed by atoms with Crippen LogP contribution in [0, 0.1) is 19.8 Å². The summed E-state index contributed by atoms with van der Waals surface area (Å²) in [5, 5.41) is 12.1. The highest BCUT2D eigenvalue weighted by Crippen LogP contribution is 2.29. The molecule has 35 heavy (non-hydrogen) atoms. The number of aryl methyl sites for hydroxylation is 2. The molecular weight excluding hydrogens is 510 g/mol. The maximum Gasteiger partial charge on any atom is 0.240 e. The number of benzene rings is 2. The largest absolute Gasteiger partial charge is 0.312 e. The normalized spacial score (nSPS) is 16.0. The van der Waals surface area contributed by atoms with Gasteiger partial charge in [0.15, 0.2) is 0 Å². The molecule has 2 amide bonds. The van der Waals surface area contributed by atoms with E-state index < -0.39 is 15.9 Å². The predicted octanol–water partition coefficient (Wildman–Crippen LogP) is 3.32. The zero-order valence-electron chi connectivity index (χ0n) is 19.1. The minimum absolute atomic E-state index is 0.0871. The van der Waals surface area contributed by atoms with Crippen molar-refractivity contribution in [3.63, 3.8) is 0 Å². The van der Waals surface area contributed by atoms with Crippen molar-refractivity contribution < 1.29 is 18.0 Å². The first kappa shape index (κ1) is 25.2. The van der Waals surface area contributed by atoms with E-state index in [9.17, 15) is 18.0 Å². The van der Waals surface area contributed by atoms with Gasteiger partial charge in [0.25, 0.3) is 0 Å². The van der Waals surface area contributed by atoms with Crippen molar-refractivity contribution in [2.45, 2.75) is 31.6 Å². The van der Waals surface area contributed by atoms with Crippen LogP contribution in [0.5, 0.6) is 0 Å². The first-order chi connectivity index (χ1) is 16.6. The summed E-state index contributed by atoms with van der Waals surface area (Å²) in [6, 6.07) is 11.9. The number of carbonyl (C=O) groups excluding carboxylic acids is 2. The summed E-state index contributed by atoms with van der Waals surface area (Å²) in [5.74, 6) is -0.998. The van der Waals surface area contributed by atoms with Gasteiger partial charge in [-0.25, -0.2) is 13.1 Å². The van der Waals surface area contributed by atoms with Gasteiger partial charge < -0.3 is 10.2 Å². The molecule has 184 valence electrons. The smallest absolute Gasteiger partial charge is 0.240 e. The monoisotopic (exact) mass is 533 g/mol. The number of sulfonamides is 1. The molecule has 1 fully saturated rings. The van der Waals surface area contributed by atoms with Crippen LogP contribution in [0.1, 0.15) is 22.6 Å². The molecule has 2 heterocycles. The average molecular weight is 534 g/mol. The van der Waals surface area contributed by atoms with E-state index >= 15 is 0 Å². The molecule has 2 aromatic carbocycles. The first-order valence-corrected chi connectivity index (χ1v) is 13.6. The van der Waals surface area contributed by atoms with E-state index in [1.54, 1.807) is 35.2 Å². The Labute approximate surface area is 212 Å². The number of nitrogens with zero attached hydrogens (tertiary/aromatic N) is 3. The lowest BCUT2D eigenvalue weighted by Crippen LogP contribution is -2.28. The van der Waals surface area contributed by atoms with E-state index in [-0.39, 0.29) is 36.2 Å². The van der Waals surface area contributed by atoms with Crippen molar-refractivity contribution >= 4 is 55.6 Å². The third kappa shape index (κ3) is 6.04. The Morgan fingerprint density at radius 2 is 1.91 bits per heavy atom. The standard InChI is InChI=1S/C23H24ClN5O4S2/c1-14-3-7-18(8-4-14)35(32,33)25-10-9-20-27-28-23(34-20)26-22(31)16-11-21(30)29(13-16)17-6-5-15(2)19(24)12-17/h3-8,12,16,25H,9-11,13H2,1-2H3,(H,26,28,31). The second-order valence-electron chi connectivity index (χ2n) is 8.29. The zero-order valence-corrected chi connectivity index (χ0v) is 21.5. The van der Waals surface area contributed by atoms with Crippen LogP contribution in [0.3, 0.4) is 0 Å². The van der Waals surface area contributed by atoms with Crippen molar-refractivity contribution in [3.05, 3.63) is 63.6 Å². The highest BCUT2D eigenvalue weighted by molar-refractivity contribution is 7.89. The number of hydrogen-bond acceptors (Lipinski definition) is 7. The van der Waals surface area contributed by atoms with Gasteiger partial charge in [0.1, 0.15) is 5.01 Å². The molecule has 4 rings (SSSR count). The lowest BCUT2D eigenvalue weighted by atomic mass is 10.1. The maximum absolute atomic E-state index is 12.7. The molecule has 1 unspecified atom stereocenters. The molecule has 0 bridgehead atoms. The average Bonchev–Trinajstić information content (AvgIpc) is 3.42. The number of amides is 2. The molecule has 2 N–H and O–H groups in total. The molecule has 1 aromatic heterocycles. The number of hydrogen-bond donors (Lipinski definition) is 2. The van der Waals surface area contributed by atoms with Gasteiger partial charge in [-0.1, -0.05) is 46.7 Å². The molecule has 9 nitrogen and oxygen atoms in total. The summed E-state index contributed by atoms with van der Waals surface area (Å²) < 4.78 is 27.3. The molecule has 12 heteroatoms. The van der Waals surface area contributed by atoms with Gasteiger partial charge in [-0.3, -0.25) is 9.59 Å². The van der Waals surface area contributed by atoms with Gasteiger partial charge in [-0.05, 0) is 43.7 Å². The molecule has 3 aromatic rings. The Kier molecular flexibility index (Phi) is 7.50. The molecule has 0 radical (unpaired) electrons. The molecule has 1 saturated heterocycles. The summed E-state index contributed by atoms with van der Waals surface area (Å²) in [4.78, 5) is 27.0. The van der Waals surface area contributed by atoms with Crippen molar-refractivity contribution in [2.75, 3.05) is 23.3 Å². The molecule has 0 aliphatic carbocycles. The van der Waals surface area contributed by atoms with Crippen LogP contribution in [0.4, 0.5) is 10.8 Å². The third-order valence-electron chi connectivity index (χ3n) is 5.62. The number of carbonyl (C=O) groups is 2. The Morgan fingerprint density at radius 3 is 2.63 bits per heavy atom. The van der Waals surface area contributed by atoms with Crippen molar-refractivity contribution in [1.82, 2.24) is 14.9 Å². The Hall–Kier alpha value is -2.86. The van der Waals surface area contributed by atoms with E-state index in [2.05, 4.69) is 20.2 Å². The highest BCUT2D eigenvalue weighted by Gasteiger charge is 2.35. The van der Waals surface area contributed by atoms with Gasteiger partial charge in [-0.15, -0.1) is 10.2 Å². The predicted molar refractivity (Wildman–Crippen MR) is 135 cm³/mol. The Morgan fingerprint density at radius 1 is 1.17 bits per heavy atom. The summed E-state index contributed by atoms with van der Waals surface area (Å²) in [7, 11) is -3.62. The molecule has 0 saturated carbocycles. The highest BCUT2D eigenvalue weighted by atomic mass is 35.5. The van der Waals surface area contributed by atoms with Crippen LogP contribution in [0.2, 0.25) is 5.02 Å². The second kappa shape index (κ2) is 10.4. The fraction of sp³-hybridized carbons (Fsp3) is 0.304. The van der Waals surface area contributed by atoms with Crippen LogP contribution in [-0.2, 0) is 26.0 Å². The lowest BCUT2D eigenvalue weighted by molar-refractivity contribution is -0.122. The third-order valence-corrected chi connectivity index (χ3v) is 8.40. The van der Waals surface area contributed by atoms with Crippen molar-refractivity contribution in [3.8, 4) is 0 Å². The number of rotatable bonds is 8. The van der Waals surface area contributed by atoms with Crippen LogP contribution in [0.15, 0.2) is 47.4 Å². The van der Waals surface area contributed by atoms with Crippen molar-refractivity contribution in [1.29, 1.82) is 0 Å². The van der Waals surface area contributed by atoms with Crippen LogP contribution >= 0.6 is 22.9 Å². The van der Waals surface area contributed by atoms with E-state index in [4.69, 9.17) is 11.6 Å². The summed E-state index contributed by atoms with van der Waals surface area (Å²) in [6.07, 6.45) is 0.409. The summed E-state index contributed by atoms with van der Waals surface area (Å²) >= 11 is 7.34. The Balaban J connectivity index is 1.30. The number of halogens is 1. The Bertz CT molecular complexity index is 1360. The van der Waals surface area contributed by atoms with Gasteiger partial charge in [0.05, 0.1) is 10.8 Å². The summed E-state index contributed by atoms with van der Waals surface area (Å²) in [6.45, 7) is 4.15. The number of anilines is 2. The topological polar surface area (TPSA) is 121 Å². The molecule has 1 aliphatic rings. The fourth-order valence-corrected chi connectivity index (χ4v) is 5.54. The van der Waals surface area contributed by atoms with Gasteiger partial charge >= 0.3 is 0 Å². The van der Waals surface area contributed by atoms with E-state index in [1.165, 1.54) is 0 Å². The van der Waals surface area contributed by atoms with Crippen molar-refractivity contribution in [2.24, 2.45) is 5.92 Å². The summed E-state index contributed by atoms with van der Waals surface area (Å²) in [5.41, 5.74) is 2.54. The van der Waals surface area contributed by atoms with Gasteiger partial charge in [0, 0.05) is 36.6 Å². The van der Waals surface area contributed by atoms with E-state index in [1.807, 2.05) is 26.0 Å². The minimum atomic E-state index is -3.62. The molecule has 1 atom stereocenters. The number of nitrogens with one attached hydrogen (secondary N) is 2. The number of aromatic nitrogens is 2. The minimum Gasteiger partial charge on any atom is -0.312 e. The molecule has 1 aliphatic heterocycles. The van der Waals surface area contributed by atoms with Crippen LogP contribution < -0.4 is 14.9 Å². The van der Waals surface area contributed by atoms with Crippen LogP contribution in [-0.4, -0.2) is 43.5 Å². The fourth-order valence-electron chi connectivity index (χ4n) is 3.59. The van der Waals surface area contributed by atoms with Gasteiger partial charge in [-0.2, -0.15) is 0 Å². The van der Waals surface area contributed by atoms with Crippen LogP contribution in [0.25, 0.3) is 0 Å². The first-order valence-electron chi connectivity index (χ1n) is 10.9.